The lowest BCUT2D eigenvalue weighted by Crippen LogP contribution is -2.66. The van der Waals surface area contributed by atoms with Gasteiger partial charge in [0.2, 0.25) is 5.91 Å². The summed E-state index contributed by atoms with van der Waals surface area (Å²) in [5.41, 5.74) is 1.43. The minimum Gasteiger partial charge on any atom is -0.493 e. The van der Waals surface area contributed by atoms with E-state index in [9.17, 15) is 19.5 Å². The number of benzene rings is 1. The van der Waals surface area contributed by atoms with Crippen LogP contribution in [-0.4, -0.2) is 86.8 Å². The number of likely N-dealkylation sites (tertiary alicyclic amines) is 2. The lowest BCUT2D eigenvalue weighted by molar-refractivity contribution is -0.152. The van der Waals surface area contributed by atoms with Crippen molar-refractivity contribution in [2.75, 3.05) is 34.0 Å². The van der Waals surface area contributed by atoms with Crippen LogP contribution < -0.4 is 9.47 Å². The van der Waals surface area contributed by atoms with Gasteiger partial charge < -0.3 is 24.2 Å². The molecule has 0 unspecified atom stereocenters. The summed E-state index contributed by atoms with van der Waals surface area (Å²) in [4.78, 5) is 39.7. The SMILES string of the molecule is COc1ccc(CN2C(=O)[C@@H]3[C@H]2C(=CC(=O)COCC[Si](C)(C)C)CN3C(=O)O)cc1OC. The molecular weight excluding hydrogens is 444 g/mol. The van der Waals surface area contributed by atoms with E-state index < -0.39 is 26.3 Å². The first-order valence-corrected chi connectivity index (χ1v) is 14.6. The molecule has 0 bridgehead atoms. The number of ether oxygens (including phenoxy) is 3. The van der Waals surface area contributed by atoms with Crippen molar-refractivity contribution in [1.82, 2.24) is 9.80 Å². The second-order valence-electron chi connectivity index (χ2n) is 9.50. The zero-order valence-corrected chi connectivity index (χ0v) is 20.8. The molecular formula is C23H32N2O7Si. The third kappa shape index (κ3) is 5.56. The lowest BCUT2D eigenvalue weighted by Gasteiger charge is -2.45. The van der Waals surface area contributed by atoms with Gasteiger partial charge in [-0.25, -0.2) is 4.79 Å². The van der Waals surface area contributed by atoms with Crippen molar-refractivity contribution in [3.05, 3.63) is 35.4 Å². The Labute approximate surface area is 194 Å². The molecule has 0 aromatic heterocycles. The molecule has 3 rings (SSSR count). The third-order valence-electron chi connectivity index (χ3n) is 5.87. The summed E-state index contributed by atoms with van der Waals surface area (Å²) in [7, 11) is 1.83. The summed E-state index contributed by atoms with van der Waals surface area (Å²) >= 11 is 0. The van der Waals surface area contributed by atoms with Crippen LogP contribution in [0.25, 0.3) is 0 Å². The topological polar surface area (TPSA) is 106 Å². The highest BCUT2D eigenvalue weighted by Crippen LogP contribution is 2.39. The molecule has 9 nitrogen and oxygen atoms in total. The van der Waals surface area contributed by atoms with Gasteiger partial charge in [0.15, 0.2) is 17.3 Å². The van der Waals surface area contributed by atoms with Crippen molar-refractivity contribution < 1.29 is 33.7 Å². The number of carboxylic acid groups (broad SMARTS) is 1. The Hall–Kier alpha value is -2.85. The largest absolute Gasteiger partial charge is 0.493 e. The highest BCUT2D eigenvalue weighted by molar-refractivity contribution is 6.76. The maximum absolute atomic E-state index is 12.8. The van der Waals surface area contributed by atoms with E-state index in [1.807, 2.05) is 6.07 Å². The average molecular weight is 477 g/mol. The van der Waals surface area contributed by atoms with Gasteiger partial charge in [0.05, 0.1) is 20.3 Å². The average Bonchev–Trinajstić information content (AvgIpc) is 3.09. The first kappa shape index (κ1) is 24.8. The zero-order chi connectivity index (χ0) is 24.3. The monoisotopic (exact) mass is 476 g/mol. The number of carbonyl (C=O) groups excluding carboxylic acids is 2. The number of nitrogens with zero attached hydrogens (tertiary/aromatic N) is 2. The molecule has 2 aliphatic rings. The molecule has 33 heavy (non-hydrogen) atoms. The van der Waals surface area contributed by atoms with Crippen LogP contribution in [0.1, 0.15) is 5.56 Å². The fourth-order valence-corrected chi connectivity index (χ4v) is 4.85. The fraction of sp³-hybridized carbons (Fsp3) is 0.522. The van der Waals surface area contributed by atoms with E-state index in [1.165, 1.54) is 13.2 Å². The summed E-state index contributed by atoms with van der Waals surface area (Å²) in [6.07, 6.45) is 0.273. The summed E-state index contributed by atoms with van der Waals surface area (Å²) < 4.78 is 16.1. The van der Waals surface area contributed by atoms with Gasteiger partial charge in [0, 0.05) is 27.8 Å². The minimum atomic E-state index is -1.25. The van der Waals surface area contributed by atoms with Gasteiger partial charge in [-0.05, 0) is 35.4 Å². The molecule has 1 aromatic carbocycles. The van der Waals surface area contributed by atoms with E-state index in [0.29, 0.717) is 23.7 Å². The predicted octanol–water partition coefficient (Wildman–Crippen LogP) is 2.63. The third-order valence-corrected chi connectivity index (χ3v) is 7.58. The number of rotatable bonds is 10. The van der Waals surface area contributed by atoms with Crippen LogP contribution >= 0.6 is 0 Å². The first-order valence-electron chi connectivity index (χ1n) is 10.9. The Morgan fingerprint density at radius 1 is 1.15 bits per heavy atom. The van der Waals surface area contributed by atoms with Gasteiger partial charge in [0.1, 0.15) is 12.6 Å². The van der Waals surface area contributed by atoms with Gasteiger partial charge in [-0.15, -0.1) is 0 Å². The second kappa shape index (κ2) is 9.96. The Morgan fingerprint density at radius 2 is 1.85 bits per heavy atom. The normalized spacial score (nSPS) is 21.1. The highest BCUT2D eigenvalue weighted by atomic mass is 28.3. The lowest BCUT2D eigenvalue weighted by atomic mass is 9.91. The van der Waals surface area contributed by atoms with Gasteiger partial charge in [0.25, 0.3) is 0 Å². The molecule has 0 radical (unpaired) electrons. The first-order chi connectivity index (χ1) is 15.6. The molecule has 2 aliphatic heterocycles. The number of ketones is 1. The quantitative estimate of drug-likeness (QED) is 0.239. The predicted molar refractivity (Wildman–Crippen MR) is 124 cm³/mol. The molecule has 2 amide bonds. The number of carbonyl (C=O) groups is 3. The van der Waals surface area contributed by atoms with Crippen molar-refractivity contribution in [1.29, 1.82) is 0 Å². The number of hydrogen-bond donors (Lipinski definition) is 1. The molecule has 2 fully saturated rings. The molecule has 1 aromatic rings. The van der Waals surface area contributed by atoms with Gasteiger partial charge in [-0.1, -0.05) is 25.7 Å². The van der Waals surface area contributed by atoms with E-state index in [-0.39, 0.29) is 31.4 Å². The van der Waals surface area contributed by atoms with Gasteiger partial charge in [-0.3, -0.25) is 14.5 Å². The molecule has 10 heteroatoms. The number of fused-ring (bicyclic) bond motifs is 1. The maximum atomic E-state index is 12.8. The van der Waals surface area contributed by atoms with Crippen molar-refractivity contribution in [2.24, 2.45) is 0 Å². The van der Waals surface area contributed by atoms with Crippen molar-refractivity contribution in [2.45, 2.75) is 44.3 Å². The summed E-state index contributed by atoms with van der Waals surface area (Å²) in [6.45, 7) is 7.48. The Bertz CT molecular complexity index is 957. The maximum Gasteiger partial charge on any atom is 0.408 e. The van der Waals surface area contributed by atoms with Crippen LogP contribution in [-0.2, 0) is 20.9 Å². The fourth-order valence-electron chi connectivity index (χ4n) is 4.09. The molecule has 2 atom stereocenters. The Morgan fingerprint density at radius 3 is 2.45 bits per heavy atom. The van der Waals surface area contributed by atoms with Gasteiger partial charge in [-0.2, -0.15) is 0 Å². The number of β-lactam (4-membered cyclic amide) rings is 1. The van der Waals surface area contributed by atoms with Crippen molar-refractivity contribution >= 4 is 25.9 Å². The van der Waals surface area contributed by atoms with Crippen LogP contribution in [0.15, 0.2) is 29.8 Å². The summed E-state index contributed by atoms with van der Waals surface area (Å²) in [6, 6.07) is 5.06. The van der Waals surface area contributed by atoms with Crippen molar-refractivity contribution in [3.8, 4) is 11.5 Å². The highest BCUT2D eigenvalue weighted by Gasteiger charge is 2.58. The summed E-state index contributed by atoms with van der Waals surface area (Å²) in [5, 5.41) is 9.55. The molecule has 0 spiro atoms. The molecule has 2 heterocycles. The number of methoxy groups -OCH3 is 2. The Kier molecular flexibility index (Phi) is 7.48. The van der Waals surface area contributed by atoms with Crippen LogP contribution in [0.5, 0.6) is 11.5 Å². The molecule has 0 aliphatic carbocycles. The van der Waals surface area contributed by atoms with Crippen LogP contribution in [0.4, 0.5) is 4.79 Å². The zero-order valence-electron chi connectivity index (χ0n) is 19.8. The standard InChI is InChI=1S/C23H32N2O7Si/c1-30-18-7-6-15(10-19(18)31-2)12-24-20-16(13-25(23(28)29)21(20)22(24)27)11-17(26)14-32-8-9-33(3,4)5/h6-7,10-11,20-21H,8-9,12-14H2,1-5H3,(H,28,29)/t20-,21+/m1/s1. The van der Waals surface area contributed by atoms with E-state index in [2.05, 4.69) is 19.6 Å². The molecule has 180 valence electrons. The van der Waals surface area contributed by atoms with Crippen LogP contribution in [0.2, 0.25) is 25.7 Å². The molecule has 1 N–H and O–H groups in total. The number of hydrogen-bond acceptors (Lipinski definition) is 6. The number of amides is 2. The van der Waals surface area contributed by atoms with Crippen molar-refractivity contribution in [3.63, 3.8) is 0 Å². The van der Waals surface area contributed by atoms with Gasteiger partial charge >= 0.3 is 6.09 Å². The van der Waals surface area contributed by atoms with E-state index in [1.54, 1.807) is 24.1 Å². The smallest absolute Gasteiger partial charge is 0.408 e. The van der Waals surface area contributed by atoms with Crippen LogP contribution in [0.3, 0.4) is 0 Å². The van der Waals surface area contributed by atoms with E-state index >= 15 is 0 Å². The second-order valence-corrected chi connectivity index (χ2v) is 15.1. The molecule has 2 saturated heterocycles. The van der Waals surface area contributed by atoms with E-state index in [0.717, 1.165) is 16.5 Å². The Balaban J connectivity index is 1.73. The summed E-state index contributed by atoms with van der Waals surface area (Å²) in [5.74, 6) is 0.614. The van der Waals surface area contributed by atoms with Crippen LogP contribution in [0, 0.1) is 0 Å². The van der Waals surface area contributed by atoms with E-state index in [4.69, 9.17) is 14.2 Å². The minimum absolute atomic E-state index is 0.0273. The molecule has 0 saturated carbocycles.